The monoisotopic (exact) mass is 336 g/mol. The SMILES string of the molecule is COc1ccc(/C(=C/c2cccc(C(F)(F)F)c2)C(=O)O)cc1C. The summed E-state index contributed by atoms with van der Waals surface area (Å²) in [4.78, 5) is 11.5. The number of aryl methyl sites for hydroxylation is 1. The van der Waals surface area contributed by atoms with Crippen molar-refractivity contribution in [2.75, 3.05) is 7.11 Å². The molecule has 0 unspecified atom stereocenters. The van der Waals surface area contributed by atoms with Gasteiger partial charge in [0.15, 0.2) is 0 Å². The van der Waals surface area contributed by atoms with Crippen LogP contribution < -0.4 is 4.74 Å². The van der Waals surface area contributed by atoms with E-state index < -0.39 is 17.7 Å². The van der Waals surface area contributed by atoms with Crippen molar-refractivity contribution in [3.8, 4) is 5.75 Å². The molecule has 0 heterocycles. The molecule has 0 saturated heterocycles. The second-order valence-corrected chi connectivity index (χ2v) is 5.17. The van der Waals surface area contributed by atoms with Crippen LogP contribution in [-0.2, 0) is 11.0 Å². The predicted octanol–water partition coefficient (Wildman–Crippen LogP) is 4.65. The molecule has 0 aliphatic heterocycles. The molecular formula is C18H15F3O3. The first-order chi connectivity index (χ1) is 11.2. The van der Waals surface area contributed by atoms with E-state index in [-0.39, 0.29) is 11.1 Å². The molecule has 0 amide bonds. The predicted molar refractivity (Wildman–Crippen MR) is 84.7 cm³/mol. The van der Waals surface area contributed by atoms with Gasteiger partial charge in [-0.25, -0.2) is 4.79 Å². The van der Waals surface area contributed by atoms with Gasteiger partial charge in [0.05, 0.1) is 18.2 Å². The van der Waals surface area contributed by atoms with Crippen LogP contribution in [0.5, 0.6) is 5.75 Å². The van der Waals surface area contributed by atoms with E-state index in [1.807, 2.05) is 0 Å². The Morgan fingerprint density at radius 1 is 1.17 bits per heavy atom. The molecule has 2 rings (SSSR count). The van der Waals surface area contributed by atoms with Crippen molar-refractivity contribution in [1.29, 1.82) is 0 Å². The standard InChI is InChI=1S/C18H15F3O3/c1-11-8-13(6-7-16(11)24-2)15(17(22)23)10-12-4-3-5-14(9-12)18(19,20)21/h3-10H,1-2H3,(H,22,23)/b15-10-. The fraction of sp³-hybridized carbons (Fsp3) is 0.167. The Labute approximate surface area is 137 Å². The van der Waals surface area contributed by atoms with Crippen molar-refractivity contribution < 1.29 is 27.8 Å². The summed E-state index contributed by atoms with van der Waals surface area (Å²) < 4.78 is 43.4. The quantitative estimate of drug-likeness (QED) is 0.653. The number of carbonyl (C=O) groups is 1. The first-order valence-corrected chi connectivity index (χ1v) is 6.99. The number of hydrogen-bond acceptors (Lipinski definition) is 2. The second-order valence-electron chi connectivity index (χ2n) is 5.17. The third-order valence-electron chi connectivity index (χ3n) is 3.46. The molecule has 0 aliphatic carbocycles. The van der Waals surface area contributed by atoms with Crippen molar-refractivity contribution >= 4 is 17.6 Å². The molecule has 0 atom stereocenters. The van der Waals surface area contributed by atoms with Crippen LogP contribution in [-0.4, -0.2) is 18.2 Å². The number of hydrogen-bond donors (Lipinski definition) is 1. The maximum absolute atomic E-state index is 12.8. The van der Waals surface area contributed by atoms with Crippen LogP contribution in [0.25, 0.3) is 11.6 Å². The largest absolute Gasteiger partial charge is 0.496 e. The molecule has 0 radical (unpaired) electrons. The molecule has 1 N–H and O–H groups in total. The lowest BCUT2D eigenvalue weighted by Gasteiger charge is -2.10. The molecule has 126 valence electrons. The summed E-state index contributed by atoms with van der Waals surface area (Å²) >= 11 is 0. The van der Waals surface area contributed by atoms with Gasteiger partial charge in [0.1, 0.15) is 5.75 Å². The molecule has 0 aliphatic rings. The maximum atomic E-state index is 12.8. The van der Waals surface area contributed by atoms with Crippen LogP contribution in [0.3, 0.4) is 0 Å². The van der Waals surface area contributed by atoms with Gasteiger partial charge in [-0.2, -0.15) is 13.2 Å². The van der Waals surface area contributed by atoms with Crippen LogP contribution in [0.2, 0.25) is 0 Å². The Morgan fingerprint density at radius 3 is 2.42 bits per heavy atom. The minimum Gasteiger partial charge on any atom is -0.496 e. The summed E-state index contributed by atoms with van der Waals surface area (Å²) in [7, 11) is 1.50. The van der Waals surface area contributed by atoms with Crippen LogP contribution >= 0.6 is 0 Å². The van der Waals surface area contributed by atoms with Gasteiger partial charge in [0.25, 0.3) is 0 Å². The highest BCUT2D eigenvalue weighted by molar-refractivity contribution is 6.20. The van der Waals surface area contributed by atoms with Crippen LogP contribution in [0.1, 0.15) is 22.3 Å². The van der Waals surface area contributed by atoms with Gasteiger partial charge in [0, 0.05) is 0 Å². The summed E-state index contributed by atoms with van der Waals surface area (Å²) in [5.41, 5.74) is 0.354. The zero-order valence-corrected chi connectivity index (χ0v) is 13.0. The topological polar surface area (TPSA) is 46.5 Å². The van der Waals surface area contributed by atoms with E-state index in [1.54, 1.807) is 25.1 Å². The molecule has 2 aromatic rings. The number of methoxy groups -OCH3 is 1. The second kappa shape index (κ2) is 6.78. The van der Waals surface area contributed by atoms with E-state index in [0.717, 1.165) is 17.7 Å². The normalized spacial score (nSPS) is 12.1. The molecule has 3 nitrogen and oxygen atoms in total. The zero-order valence-electron chi connectivity index (χ0n) is 13.0. The molecule has 2 aromatic carbocycles. The number of aliphatic carboxylic acids is 1. The average molecular weight is 336 g/mol. The lowest BCUT2D eigenvalue weighted by atomic mass is 10.00. The molecule has 0 fully saturated rings. The molecule has 0 bridgehead atoms. The van der Waals surface area contributed by atoms with E-state index in [4.69, 9.17) is 4.74 Å². The van der Waals surface area contributed by atoms with Crippen LogP contribution in [0.4, 0.5) is 13.2 Å². The molecule has 6 heteroatoms. The van der Waals surface area contributed by atoms with Gasteiger partial charge in [-0.1, -0.05) is 18.2 Å². The van der Waals surface area contributed by atoms with Crippen molar-refractivity contribution in [1.82, 2.24) is 0 Å². The number of halogens is 3. The fourth-order valence-electron chi connectivity index (χ4n) is 2.29. The summed E-state index contributed by atoms with van der Waals surface area (Å²) in [6, 6.07) is 9.32. The Morgan fingerprint density at radius 2 is 1.88 bits per heavy atom. The molecular weight excluding hydrogens is 321 g/mol. The average Bonchev–Trinajstić information content (AvgIpc) is 2.51. The third-order valence-corrected chi connectivity index (χ3v) is 3.46. The number of carboxylic acid groups (broad SMARTS) is 1. The highest BCUT2D eigenvalue weighted by atomic mass is 19.4. The minimum atomic E-state index is -4.48. The van der Waals surface area contributed by atoms with Gasteiger partial charge < -0.3 is 9.84 Å². The summed E-state index contributed by atoms with van der Waals surface area (Å²) in [6.45, 7) is 1.76. The number of alkyl halides is 3. The fourth-order valence-corrected chi connectivity index (χ4v) is 2.29. The molecule has 0 aromatic heterocycles. The highest BCUT2D eigenvalue weighted by Crippen LogP contribution is 2.31. The highest BCUT2D eigenvalue weighted by Gasteiger charge is 2.30. The number of benzene rings is 2. The van der Waals surface area contributed by atoms with Gasteiger partial charge in [-0.05, 0) is 54.0 Å². The van der Waals surface area contributed by atoms with Gasteiger partial charge >= 0.3 is 12.1 Å². The molecule has 24 heavy (non-hydrogen) atoms. The zero-order chi connectivity index (χ0) is 17.9. The first kappa shape index (κ1) is 17.6. The van der Waals surface area contributed by atoms with Crippen molar-refractivity contribution in [2.45, 2.75) is 13.1 Å². The summed E-state index contributed by atoms with van der Waals surface area (Å²) in [5.74, 6) is -0.625. The summed E-state index contributed by atoms with van der Waals surface area (Å²) in [6.07, 6.45) is -3.26. The van der Waals surface area contributed by atoms with Crippen LogP contribution in [0.15, 0.2) is 42.5 Å². The van der Waals surface area contributed by atoms with Gasteiger partial charge in [-0.3, -0.25) is 0 Å². The van der Waals surface area contributed by atoms with Crippen molar-refractivity contribution in [3.63, 3.8) is 0 Å². The number of rotatable bonds is 4. The van der Waals surface area contributed by atoms with E-state index in [9.17, 15) is 23.1 Å². The first-order valence-electron chi connectivity index (χ1n) is 6.99. The Bertz CT molecular complexity index is 792. The van der Waals surface area contributed by atoms with Crippen LogP contribution in [0, 0.1) is 6.92 Å². The van der Waals surface area contributed by atoms with E-state index in [1.165, 1.54) is 25.3 Å². The lowest BCUT2D eigenvalue weighted by Crippen LogP contribution is -2.05. The van der Waals surface area contributed by atoms with Gasteiger partial charge in [-0.15, -0.1) is 0 Å². The number of carboxylic acids is 1. The summed E-state index contributed by atoms with van der Waals surface area (Å²) in [5, 5.41) is 9.41. The van der Waals surface area contributed by atoms with E-state index >= 15 is 0 Å². The Balaban J connectivity index is 2.50. The smallest absolute Gasteiger partial charge is 0.416 e. The lowest BCUT2D eigenvalue weighted by molar-refractivity contribution is -0.137. The molecule has 0 saturated carbocycles. The third kappa shape index (κ3) is 3.95. The van der Waals surface area contributed by atoms with E-state index in [0.29, 0.717) is 11.3 Å². The Hall–Kier alpha value is -2.76. The van der Waals surface area contributed by atoms with Crippen molar-refractivity contribution in [3.05, 3.63) is 64.7 Å². The number of ether oxygens (including phenoxy) is 1. The Kier molecular flexibility index (Phi) is 4.97. The molecule has 0 spiro atoms. The van der Waals surface area contributed by atoms with E-state index in [2.05, 4.69) is 0 Å². The van der Waals surface area contributed by atoms with Crippen molar-refractivity contribution in [2.24, 2.45) is 0 Å². The maximum Gasteiger partial charge on any atom is 0.416 e. The minimum absolute atomic E-state index is 0.0972. The van der Waals surface area contributed by atoms with Gasteiger partial charge in [0.2, 0.25) is 0 Å².